The molecule has 0 amide bonds. The van der Waals surface area contributed by atoms with E-state index in [9.17, 15) is 0 Å². The van der Waals surface area contributed by atoms with Crippen LogP contribution in [0.2, 0.25) is 0 Å². The lowest BCUT2D eigenvalue weighted by Gasteiger charge is -2.10. The molecule has 0 saturated heterocycles. The Bertz CT molecular complexity index is 728. The molecule has 0 unspecified atom stereocenters. The third-order valence-corrected chi connectivity index (χ3v) is 3.63. The van der Waals surface area contributed by atoms with E-state index in [0.29, 0.717) is 24.5 Å². The highest BCUT2D eigenvalue weighted by atomic mass is 79.9. The summed E-state index contributed by atoms with van der Waals surface area (Å²) in [6, 6.07) is 13.2. The fourth-order valence-corrected chi connectivity index (χ4v) is 2.45. The van der Waals surface area contributed by atoms with Crippen molar-refractivity contribution in [2.24, 2.45) is 0 Å². The molecule has 0 spiro atoms. The zero-order valence-electron chi connectivity index (χ0n) is 11.6. The van der Waals surface area contributed by atoms with Gasteiger partial charge in [0.05, 0.1) is 11.3 Å². The predicted molar refractivity (Wildman–Crippen MR) is 85.4 cm³/mol. The number of halogens is 1. The standard InChI is InChI=1S/C16H13BrN2O3/c17-12-1-3-14(11(7-12)9-18)19-5-6-20-13-2-4-15-16(8-13)22-10-21-15/h1-4,7-8,19H,5-6,10H2. The van der Waals surface area contributed by atoms with Crippen molar-refractivity contribution in [1.82, 2.24) is 0 Å². The number of fused-ring (bicyclic) bond motifs is 1. The van der Waals surface area contributed by atoms with Crippen LogP contribution in [0.15, 0.2) is 40.9 Å². The van der Waals surface area contributed by atoms with Crippen LogP contribution in [0.3, 0.4) is 0 Å². The minimum absolute atomic E-state index is 0.251. The first-order valence-electron chi connectivity index (χ1n) is 6.72. The molecular weight excluding hydrogens is 348 g/mol. The summed E-state index contributed by atoms with van der Waals surface area (Å²) in [5.74, 6) is 2.16. The molecule has 0 atom stereocenters. The van der Waals surface area contributed by atoms with Gasteiger partial charge in [-0.25, -0.2) is 0 Å². The van der Waals surface area contributed by atoms with Crippen LogP contribution in [0.1, 0.15) is 5.56 Å². The van der Waals surface area contributed by atoms with Crippen molar-refractivity contribution >= 4 is 21.6 Å². The quantitative estimate of drug-likeness (QED) is 0.826. The van der Waals surface area contributed by atoms with Gasteiger partial charge in [-0.3, -0.25) is 0 Å². The van der Waals surface area contributed by atoms with E-state index in [2.05, 4.69) is 27.3 Å². The van der Waals surface area contributed by atoms with E-state index in [1.54, 1.807) is 6.07 Å². The molecule has 0 radical (unpaired) electrons. The summed E-state index contributed by atoms with van der Waals surface area (Å²) in [7, 11) is 0. The normalized spacial score (nSPS) is 11.8. The van der Waals surface area contributed by atoms with Crippen LogP contribution in [0.4, 0.5) is 5.69 Å². The van der Waals surface area contributed by atoms with Crippen LogP contribution in [-0.4, -0.2) is 19.9 Å². The molecular formula is C16H13BrN2O3. The van der Waals surface area contributed by atoms with E-state index >= 15 is 0 Å². The lowest BCUT2D eigenvalue weighted by atomic mass is 10.2. The molecule has 0 saturated carbocycles. The zero-order chi connectivity index (χ0) is 15.4. The predicted octanol–water partition coefficient (Wildman–Crippen LogP) is 3.54. The van der Waals surface area contributed by atoms with Crippen molar-refractivity contribution in [3.05, 3.63) is 46.4 Å². The maximum absolute atomic E-state index is 9.10. The van der Waals surface area contributed by atoms with Gasteiger partial charge in [0.2, 0.25) is 6.79 Å². The number of hydrogen-bond acceptors (Lipinski definition) is 5. The Labute approximate surface area is 136 Å². The molecule has 5 nitrogen and oxygen atoms in total. The molecule has 0 bridgehead atoms. The second-order valence-corrected chi connectivity index (χ2v) is 5.51. The molecule has 0 aliphatic carbocycles. The molecule has 1 N–H and O–H groups in total. The Balaban J connectivity index is 1.53. The molecule has 6 heteroatoms. The molecule has 3 rings (SSSR count). The van der Waals surface area contributed by atoms with Gasteiger partial charge in [0.15, 0.2) is 11.5 Å². The maximum Gasteiger partial charge on any atom is 0.231 e. The molecule has 22 heavy (non-hydrogen) atoms. The first-order valence-corrected chi connectivity index (χ1v) is 7.51. The van der Waals surface area contributed by atoms with Gasteiger partial charge in [-0.1, -0.05) is 15.9 Å². The second-order valence-electron chi connectivity index (χ2n) is 4.59. The summed E-state index contributed by atoms with van der Waals surface area (Å²) in [5, 5.41) is 12.3. The van der Waals surface area contributed by atoms with Crippen molar-refractivity contribution in [3.8, 4) is 23.3 Å². The fourth-order valence-electron chi connectivity index (χ4n) is 2.08. The number of nitrogens with one attached hydrogen (secondary N) is 1. The molecule has 1 heterocycles. The van der Waals surface area contributed by atoms with E-state index in [-0.39, 0.29) is 6.79 Å². The summed E-state index contributed by atoms with van der Waals surface area (Å²) in [5.41, 5.74) is 1.39. The zero-order valence-corrected chi connectivity index (χ0v) is 13.2. The van der Waals surface area contributed by atoms with Crippen molar-refractivity contribution in [2.45, 2.75) is 0 Å². The Morgan fingerprint density at radius 3 is 2.91 bits per heavy atom. The van der Waals surface area contributed by atoms with E-state index in [1.807, 2.05) is 30.3 Å². The smallest absolute Gasteiger partial charge is 0.231 e. The summed E-state index contributed by atoms with van der Waals surface area (Å²) in [6.07, 6.45) is 0. The third-order valence-electron chi connectivity index (χ3n) is 3.13. The monoisotopic (exact) mass is 360 g/mol. The summed E-state index contributed by atoms with van der Waals surface area (Å²) in [4.78, 5) is 0. The molecule has 1 aliphatic rings. The SMILES string of the molecule is N#Cc1cc(Br)ccc1NCCOc1ccc2c(c1)OCO2. The number of nitrogens with zero attached hydrogens (tertiary/aromatic N) is 1. The highest BCUT2D eigenvalue weighted by Gasteiger charge is 2.13. The van der Waals surface area contributed by atoms with Crippen LogP contribution in [0.5, 0.6) is 17.2 Å². The Morgan fingerprint density at radius 1 is 1.18 bits per heavy atom. The summed E-state index contributed by atoms with van der Waals surface area (Å²) in [6.45, 7) is 1.31. The van der Waals surface area contributed by atoms with E-state index < -0.39 is 0 Å². The van der Waals surface area contributed by atoms with Gasteiger partial charge in [0.1, 0.15) is 18.4 Å². The van der Waals surface area contributed by atoms with Gasteiger partial charge in [-0.15, -0.1) is 0 Å². The average Bonchev–Trinajstić information content (AvgIpc) is 3.00. The Kier molecular flexibility index (Phi) is 4.35. The molecule has 2 aromatic rings. The first-order chi connectivity index (χ1) is 10.8. The van der Waals surface area contributed by atoms with Gasteiger partial charge in [-0.05, 0) is 30.3 Å². The van der Waals surface area contributed by atoms with Crippen LogP contribution in [0.25, 0.3) is 0 Å². The number of hydrogen-bond donors (Lipinski definition) is 1. The summed E-state index contributed by atoms with van der Waals surface area (Å²) >= 11 is 3.35. The van der Waals surface area contributed by atoms with Gasteiger partial charge < -0.3 is 19.5 Å². The van der Waals surface area contributed by atoms with Gasteiger partial charge in [-0.2, -0.15) is 5.26 Å². The number of anilines is 1. The summed E-state index contributed by atoms with van der Waals surface area (Å²) < 4.78 is 17.1. The van der Waals surface area contributed by atoms with Crippen molar-refractivity contribution in [2.75, 3.05) is 25.3 Å². The lowest BCUT2D eigenvalue weighted by Crippen LogP contribution is -2.12. The highest BCUT2D eigenvalue weighted by Crippen LogP contribution is 2.35. The Morgan fingerprint density at radius 2 is 2.05 bits per heavy atom. The van der Waals surface area contributed by atoms with Gasteiger partial charge >= 0.3 is 0 Å². The highest BCUT2D eigenvalue weighted by molar-refractivity contribution is 9.10. The molecule has 0 aromatic heterocycles. The van der Waals surface area contributed by atoms with E-state index in [4.69, 9.17) is 19.5 Å². The topological polar surface area (TPSA) is 63.5 Å². The van der Waals surface area contributed by atoms with Crippen molar-refractivity contribution in [1.29, 1.82) is 5.26 Å². The first kappa shape index (κ1) is 14.5. The number of benzene rings is 2. The van der Waals surface area contributed by atoms with Crippen LogP contribution in [-0.2, 0) is 0 Å². The average molecular weight is 361 g/mol. The molecule has 0 fully saturated rings. The largest absolute Gasteiger partial charge is 0.492 e. The second kappa shape index (κ2) is 6.58. The molecule has 1 aliphatic heterocycles. The minimum Gasteiger partial charge on any atom is -0.492 e. The van der Waals surface area contributed by atoms with Crippen molar-refractivity contribution in [3.63, 3.8) is 0 Å². The number of rotatable bonds is 5. The van der Waals surface area contributed by atoms with Crippen LogP contribution >= 0.6 is 15.9 Å². The van der Waals surface area contributed by atoms with Gasteiger partial charge in [0, 0.05) is 17.1 Å². The van der Waals surface area contributed by atoms with Crippen LogP contribution in [0, 0.1) is 11.3 Å². The van der Waals surface area contributed by atoms with Crippen molar-refractivity contribution < 1.29 is 14.2 Å². The number of ether oxygens (including phenoxy) is 3. The lowest BCUT2D eigenvalue weighted by molar-refractivity contribution is 0.174. The van der Waals surface area contributed by atoms with E-state index in [1.165, 1.54) is 0 Å². The third kappa shape index (κ3) is 3.26. The maximum atomic E-state index is 9.10. The van der Waals surface area contributed by atoms with Crippen LogP contribution < -0.4 is 19.5 Å². The molecule has 2 aromatic carbocycles. The fraction of sp³-hybridized carbons (Fsp3) is 0.188. The Hall–Kier alpha value is -2.39. The van der Waals surface area contributed by atoms with E-state index in [0.717, 1.165) is 21.7 Å². The molecule has 112 valence electrons. The minimum atomic E-state index is 0.251. The van der Waals surface area contributed by atoms with Gasteiger partial charge in [0.25, 0.3) is 0 Å². The number of nitriles is 1.